The van der Waals surface area contributed by atoms with Gasteiger partial charge in [-0.05, 0) is 17.9 Å². The molecular weight excluding hydrogens is 364 g/mol. The average molecular weight is 390 g/mol. The van der Waals surface area contributed by atoms with Gasteiger partial charge < -0.3 is 19.6 Å². The van der Waals surface area contributed by atoms with Crippen LogP contribution in [0.1, 0.15) is 26.7 Å². The number of benzene rings is 2. The fourth-order valence-electron chi connectivity index (χ4n) is 2.61. The highest BCUT2D eigenvalue weighted by molar-refractivity contribution is 5.88. The zero-order valence-electron chi connectivity index (χ0n) is 16.1. The number of fused-ring (bicyclic) bond motifs is 1. The third kappa shape index (κ3) is 7.40. The molecule has 0 heterocycles. The quantitative estimate of drug-likeness (QED) is 0.257. The zero-order valence-corrected chi connectivity index (χ0v) is 16.1. The van der Waals surface area contributed by atoms with Gasteiger partial charge in [-0.1, -0.05) is 50.2 Å². The van der Waals surface area contributed by atoms with Gasteiger partial charge in [0.05, 0.1) is 6.61 Å². The van der Waals surface area contributed by atoms with Gasteiger partial charge in [0.25, 0.3) is 5.09 Å². The summed E-state index contributed by atoms with van der Waals surface area (Å²) in [5, 5.41) is 14.5. The lowest BCUT2D eigenvalue weighted by Gasteiger charge is -2.21. The second kappa shape index (κ2) is 11.1. The highest BCUT2D eigenvalue weighted by Crippen LogP contribution is 2.25. The molecule has 0 fully saturated rings. The number of hydrogen-bond donors (Lipinski definition) is 1. The molecule has 0 radical (unpaired) electrons. The van der Waals surface area contributed by atoms with Crippen LogP contribution < -0.4 is 10.1 Å². The molecule has 1 unspecified atom stereocenters. The Kier molecular flexibility index (Phi) is 8.48. The van der Waals surface area contributed by atoms with Crippen LogP contribution in [0.25, 0.3) is 10.8 Å². The average Bonchev–Trinajstić information content (AvgIpc) is 2.67. The second-order valence-electron chi connectivity index (χ2n) is 6.62. The highest BCUT2D eigenvalue weighted by Gasteiger charge is 2.16. The lowest BCUT2D eigenvalue weighted by Crippen LogP contribution is -2.38. The molecule has 2 aromatic rings. The molecule has 1 N–H and O–H groups in total. The first kappa shape index (κ1) is 21.4. The van der Waals surface area contributed by atoms with Crippen molar-refractivity contribution >= 4 is 16.7 Å². The summed E-state index contributed by atoms with van der Waals surface area (Å²) in [4.78, 5) is 26.4. The lowest BCUT2D eigenvalue weighted by molar-refractivity contribution is -0.757. The highest BCUT2D eigenvalue weighted by atomic mass is 16.9. The Balaban J connectivity index is 1.92. The summed E-state index contributed by atoms with van der Waals surface area (Å²) < 4.78 is 11.4. The van der Waals surface area contributed by atoms with Crippen molar-refractivity contribution in [1.82, 2.24) is 5.32 Å². The van der Waals surface area contributed by atoms with Gasteiger partial charge in [-0.25, -0.2) is 0 Å². The van der Waals surface area contributed by atoms with Crippen LogP contribution in [0.4, 0.5) is 0 Å². The zero-order chi connectivity index (χ0) is 20.4. The smallest absolute Gasteiger partial charge is 0.306 e. The first-order valence-corrected chi connectivity index (χ1v) is 9.26. The molecular formula is C20H26N2O6. The number of carbonyl (C=O) groups excluding carboxylic acids is 1. The third-order valence-electron chi connectivity index (χ3n) is 3.95. The number of carbonyl (C=O) groups is 1. The number of ether oxygens (including phenoxy) is 2. The van der Waals surface area contributed by atoms with Crippen molar-refractivity contribution in [2.75, 3.05) is 19.8 Å². The van der Waals surface area contributed by atoms with E-state index >= 15 is 0 Å². The van der Waals surface area contributed by atoms with Crippen LogP contribution in [0.2, 0.25) is 0 Å². The minimum absolute atomic E-state index is 0.0420. The fourth-order valence-corrected chi connectivity index (χ4v) is 2.61. The Bertz CT molecular complexity index is 775. The van der Waals surface area contributed by atoms with Crippen LogP contribution in [-0.4, -0.2) is 43.0 Å². The van der Waals surface area contributed by atoms with Crippen LogP contribution in [0.15, 0.2) is 42.5 Å². The summed E-state index contributed by atoms with van der Waals surface area (Å²) >= 11 is 0. The molecule has 0 aromatic heterocycles. The van der Waals surface area contributed by atoms with Gasteiger partial charge in [-0.3, -0.25) is 4.79 Å². The standard InChI is InChI=1S/C20H26N2O6/c1-15(2)21-13-17(28-20(23)11-6-12-27-22(24)25)14-26-19-10-5-8-16-7-3-4-9-18(16)19/h3-5,7-10,15,17,21H,6,11-14H2,1-2H3. The molecule has 2 rings (SSSR count). The van der Waals surface area contributed by atoms with E-state index in [-0.39, 0.29) is 32.1 Å². The van der Waals surface area contributed by atoms with E-state index in [2.05, 4.69) is 10.2 Å². The molecule has 0 aliphatic heterocycles. The molecule has 8 heteroatoms. The molecule has 2 aromatic carbocycles. The van der Waals surface area contributed by atoms with Gasteiger partial charge in [0.1, 0.15) is 18.5 Å². The van der Waals surface area contributed by atoms with E-state index in [9.17, 15) is 14.9 Å². The molecule has 0 bridgehead atoms. The second-order valence-corrected chi connectivity index (χ2v) is 6.62. The monoisotopic (exact) mass is 390 g/mol. The Morgan fingerprint density at radius 2 is 1.93 bits per heavy atom. The molecule has 0 aliphatic carbocycles. The molecule has 1 atom stereocenters. The summed E-state index contributed by atoms with van der Waals surface area (Å²) in [6, 6.07) is 13.9. The van der Waals surface area contributed by atoms with Crippen LogP contribution in [0, 0.1) is 10.1 Å². The van der Waals surface area contributed by atoms with Gasteiger partial charge >= 0.3 is 5.97 Å². The van der Waals surface area contributed by atoms with Gasteiger partial charge in [-0.2, -0.15) is 0 Å². The Labute approximate surface area is 163 Å². The maximum absolute atomic E-state index is 12.0. The summed E-state index contributed by atoms with van der Waals surface area (Å²) in [6.45, 7) is 4.51. The summed E-state index contributed by atoms with van der Waals surface area (Å²) in [7, 11) is 0. The van der Waals surface area contributed by atoms with Crippen molar-refractivity contribution in [2.45, 2.75) is 38.8 Å². The van der Waals surface area contributed by atoms with Crippen LogP contribution in [0.5, 0.6) is 5.75 Å². The summed E-state index contributed by atoms with van der Waals surface area (Å²) in [5.74, 6) is 0.284. The molecule has 152 valence electrons. The van der Waals surface area contributed by atoms with Crippen molar-refractivity contribution in [3.63, 3.8) is 0 Å². The molecule has 0 aliphatic rings. The van der Waals surface area contributed by atoms with Gasteiger partial charge in [0.2, 0.25) is 0 Å². The number of rotatable bonds is 12. The Morgan fingerprint density at radius 1 is 1.18 bits per heavy atom. The van der Waals surface area contributed by atoms with E-state index < -0.39 is 17.2 Å². The number of nitrogens with one attached hydrogen (secondary N) is 1. The topological polar surface area (TPSA) is 99.9 Å². The number of nitrogens with zero attached hydrogens (tertiary/aromatic N) is 1. The molecule has 8 nitrogen and oxygen atoms in total. The Morgan fingerprint density at radius 3 is 2.68 bits per heavy atom. The first-order chi connectivity index (χ1) is 13.5. The normalized spacial score (nSPS) is 12.0. The van der Waals surface area contributed by atoms with Crippen molar-refractivity contribution < 1.29 is 24.2 Å². The molecule has 0 spiro atoms. The van der Waals surface area contributed by atoms with Crippen molar-refractivity contribution in [2.24, 2.45) is 0 Å². The van der Waals surface area contributed by atoms with Crippen LogP contribution in [-0.2, 0) is 14.4 Å². The van der Waals surface area contributed by atoms with E-state index in [0.29, 0.717) is 6.54 Å². The molecule has 0 saturated carbocycles. The maximum atomic E-state index is 12.0. The maximum Gasteiger partial charge on any atom is 0.306 e. The lowest BCUT2D eigenvalue weighted by atomic mass is 10.1. The summed E-state index contributed by atoms with van der Waals surface area (Å²) in [5.41, 5.74) is 0. The van der Waals surface area contributed by atoms with E-state index in [1.165, 1.54) is 0 Å². The van der Waals surface area contributed by atoms with Gasteiger partial charge in [-0.15, -0.1) is 10.1 Å². The van der Waals surface area contributed by atoms with Crippen molar-refractivity contribution in [3.05, 3.63) is 52.6 Å². The van der Waals surface area contributed by atoms with E-state index in [0.717, 1.165) is 16.5 Å². The third-order valence-corrected chi connectivity index (χ3v) is 3.95. The Hall–Kier alpha value is -2.87. The van der Waals surface area contributed by atoms with Crippen molar-refractivity contribution in [3.8, 4) is 5.75 Å². The predicted molar refractivity (Wildman–Crippen MR) is 105 cm³/mol. The minimum Gasteiger partial charge on any atom is -0.489 e. The van der Waals surface area contributed by atoms with Gasteiger partial charge in [0, 0.05) is 24.4 Å². The number of esters is 1. The largest absolute Gasteiger partial charge is 0.489 e. The number of hydrogen-bond acceptors (Lipinski definition) is 7. The minimum atomic E-state index is -0.876. The van der Waals surface area contributed by atoms with Crippen LogP contribution >= 0.6 is 0 Å². The van der Waals surface area contributed by atoms with E-state index in [1.54, 1.807) is 0 Å². The predicted octanol–water partition coefficient (Wildman–Crippen LogP) is 3.12. The molecule has 28 heavy (non-hydrogen) atoms. The van der Waals surface area contributed by atoms with E-state index in [1.807, 2.05) is 56.3 Å². The van der Waals surface area contributed by atoms with Crippen LogP contribution in [0.3, 0.4) is 0 Å². The summed E-state index contributed by atoms with van der Waals surface area (Å²) in [6.07, 6.45) is -0.223. The first-order valence-electron chi connectivity index (χ1n) is 9.26. The molecule has 0 amide bonds. The van der Waals surface area contributed by atoms with Gasteiger partial charge in [0.15, 0.2) is 0 Å². The van der Waals surface area contributed by atoms with Crippen molar-refractivity contribution in [1.29, 1.82) is 0 Å². The SMILES string of the molecule is CC(C)NCC(COc1cccc2ccccc12)OC(=O)CCCO[N+](=O)[O-]. The molecule has 0 saturated heterocycles. The fraction of sp³-hybridized carbons (Fsp3) is 0.450. The van der Waals surface area contributed by atoms with E-state index in [4.69, 9.17) is 9.47 Å².